The maximum absolute atomic E-state index is 11.7. The molecule has 0 bridgehead atoms. The summed E-state index contributed by atoms with van der Waals surface area (Å²) in [5.41, 5.74) is 0.972. The molecule has 0 spiro atoms. The number of carbonyl (C=O) groups excluding carboxylic acids is 2. The topological polar surface area (TPSA) is 96.5 Å². The van der Waals surface area contributed by atoms with Crippen molar-refractivity contribution in [1.82, 2.24) is 9.38 Å². The zero-order chi connectivity index (χ0) is 16.2. The minimum Gasteiger partial charge on any atom is -0.455 e. The minimum absolute atomic E-state index is 0.00409. The molecule has 1 amide bonds. The number of carbonyl (C=O) groups is 2. The molecular weight excluding hydrogens is 336 g/mol. The highest BCUT2D eigenvalue weighted by molar-refractivity contribution is 7.15. The fourth-order valence-corrected chi connectivity index (χ4v) is 3.34. The van der Waals surface area contributed by atoms with Crippen LogP contribution >= 0.6 is 22.7 Å². The Balaban J connectivity index is 1.49. The van der Waals surface area contributed by atoms with Crippen molar-refractivity contribution < 1.29 is 14.3 Å². The summed E-state index contributed by atoms with van der Waals surface area (Å²) < 4.78 is 6.75. The highest BCUT2D eigenvalue weighted by Gasteiger charge is 2.13. The molecule has 116 valence electrons. The van der Waals surface area contributed by atoms with Crippen LogP contribution in [0.25, 0.3) is 4.96 Å². The molecule has 0 aliphatic rings. The van der Waals surface area contributed by atoms with Crippen molar-refractivity contribution in [1.29, 1.82) is 5.26 Å². The summed E-state index contributed by atoms with van der Waals surface area (Å²) in [6.45, 7) is -0.399. The number of thiophene rings is 1. The van der Waals surface area contributed by atoms with Crippen LogP contribution < -0.4 is 5.32 Å². The normalized spacial score (nSPS) is 10.4. The van der Waals surface area contributed by atoms with Crippen molar-refractivity contribution in [2.75, 3.05) is 11.9 Å². The molecule has 0 radical (unpaired) electrons. The van der Waals surface area contributed by atoms with Crippen LogP contribution in [-0.2, 0) is 20.7 Å². The summed E-state index contributed by atoms with van der Waals surface area (Å²) in [5.74, 6) is -1.01. The van der Waals surface area contributed by atoms with E-state index in [-0.39, 0.29) is 6.42 Å². The Morgan fingerprint density at radius 3 is 3.04 bits per heavy atom. The van der Waals surface area contributed by atoms with E-state index >= 15 is 0 Å². The summed E-state index contributed by atoms with van der Waals surface area (Å²) in [4.78, 5) is 28.5. The Labute approximate surface area is 138 Å². The van der Waals surface area contributed by atoms with Gasteiger partial charge in [-0.2, -0.15) is 5.26 Å². The molecule has 0 saturated heterocycles. The van der Waals surface area contributed by atoms with Crippen molar-refractivity contribution in [2.24, 2.45) is 0 Å². The third kappa shape index (κ3) is 3.56. The Kier molecular flexibility index (Phi) is 4.36. The van der Waals surface area contributed by atoms with Crippen LogP contribution in [0.5, 0.6) is 0 Å². The molecule has 0 aliphatic heterocycles. The number of aromatic nitrogens is 2. The van der Waals surface area contributed by atoms with Crippen LogP contribution in [0.2, 0.25) is 0 Å². The van der Waals surface area contributed by atoms with Gasteiger partial charge in [-0.15, -0.1) is 22.7 Å². The predicted octanol–water partition coefficient (Wildman–Crippen LogP) is 2.05. The summed E-state index contributed by atoms with van der Waals surface area (Å²) in [5, 5.41) is 15.4. The summed E-state index contributed by atoms with van der Waals surface area (Å²) in [6, 6.07) is 3.57. The van der Waals surface area contributed by atoms with E-state index in [2.05, 4.69) is 10.3 Å². The van der Waals surface area contributed by atoms with Gasteiger partial charge in [0, 0.05) is 17.8 Å². The third-order valence-corrected chi connectivity index (χ3v) is 4.47. The van der Waals surface area contributed by atoms with Crippen molar-refractivity contribution in [2.45, 2.75) is 6.42 Å². The highest BCUT2D eigenvalue weighted by Crippen LogP contribution is 2.21. The van der Waals surface area contributed by atoms with Gasteiger partial charge in [-0.3, -0.25) is 14.0 Å². The van der Waals surface area contributed by atoms with Crippen molar-refractivity contribution >= 4 is 44.5 Å². The van der Waals surface area contributed by atoms with Crippen LogP contribution in [0.15, 0.2) is 29.2 Å². The van der Waals surface area contributed by atoms with E-state index in [4.69, 9.17) is 10.00 Å². The first-order valence-electron chi connectivity index (χ1n) is 6.50. The average Bonchev–Trinajstić information content (AvgIpc) is 3.20. The molecule has 3 aromatic heterocycles. The molecule has 3 rings (SSSR count). The number of rotatable bonds is 5. The van der Waals surface area contributed by atoms with E-state index < -0.39 is 18.5 Å². The lowest BCUT2D eigenvalue weighted by Crippen LogP contribution is -2.21. The quantitative estimate of drug-likeness (QED) is 0.713. The number of fused-ring (bicyclic) bond motifs is 1. The highest BCUT2D eigenvalue weighted by atomic mass is 32.1. The van der Waals surface area contributed by atoms with Gasteiger partial charge in [0.1, 0.15) is 11.1 Å². The zero-order valence-electron chi connectivity index (χ0n) is 11.7. The summed E-state index contributed by atoms with van der Waals surface area (Å²) >= 11 is 2.71. The van der Waals surface area contributed by atoms with Gasteiger partial charge in [0.25, 0.3) is 5.91 Å². The van der Waals surface area contributed by atoms with Crippen molar-refractivity contribution in [3.05, 3.63) is 40.5 Å². The molecule has 23 heavy (non-hydrogen) atoms. The molecule has 3 heterocycles. The molecular formula is C14H10N4O3S2. The zero-order valence-corrected chi connectivity index (χ0v) is 13.3. The second-order valence-electron chi connectivity index (χ2n) is 4.49. The van der Waals surface area contributed by atoms with Crippen LogP contribution in [0, 0.1) is 11.3 Å². The number of hydrogen-bond donors (Lipinski definition) is 1. The van der Waals surface area contributed by atoms with E-state index in [0.717, 1.165) is 4.96 Å². The maximum Gasteiger partial charge on any atom is 0.312 e. The number of esters is 1. The number of anilines is 1. The van der Waals surface area contributed by atoms with Crippen LogP contribution in [0.3, 0.4) is 0 Å². The van der Waals surface area contributed by atoms with Gasteiger partial charge in [-0.1, -0.05) is 0 Å². The standard InChI is InChI=1S/C14H10N4O3S2/c15-6-9-1-3-22-13(9)17-11(19)8-21-12(20)5-10-7-18-2-4-23-14(18)16-10/h1-4,7H,5,8H2,(H,17,19). The maximum atomic E-state index is 11.7. The van der Waals surface area contributed by atoms with Crippen LogP contribution in [0.1, 0.15) is 11.3 Å². The minimum atomic E-state index is -0.530. The second-order valence-corrected chi connectivity index (χ2v) is 6.28. The molecule has 1 N–H and O–H groups in total. The van der Waals surface area contributed by atoms with Gasteiger partial charge in [0.05, 0.1) is 17.7 Å². The van der Waals surface area contributed by atoms with Gasteiger partial charge >= 0.3 is 5.97 Å². The predicted molar refractivity (Wildman–Crippen MR) is 85.4 cm³/mol. The molecule has 7 nitrogen and oxygen atoms in total. The number of amides is 1. The fourth-order valence-electron chi connectivity index (χ4n) is 1.86. The molecule has 9 heteroatoms. The summed E-state index contributed by atoms with van der Waals surface area (Å²) in [6.07, 6.45) is 3.60. The molecule has 0 unspecified atom stereocenters. The van der Waals surface area contributed by atoms with Crippen LogP contribution in [-0.4, -0.2) is 27.9 Å². The van der Waals surface area contributed by atoms with E-state index in [1.165, 1.54) is 22.7 Å². The number of nitriles is 1. The van der Waals surface area contributed by atoms with Crippen molar-refractivity contribution in [3.63, 3.8) is 0 Å². The Hall–Kier alpha value is -2.70. The van der Waals surface area contributed by atoms with E-state index in [1.54, 1.807) is 17.6 Å². The van der Waals surface area contributed by atoms with Crippen LogP contribution in [0.4, 0.5) is 5.00 Å². The van der Waals surface area contributed by atoms with Gasteiger partial charge in [0.15, 0.2) is 11.6 Å². The lowest BCUT2D eigenvalue weighted by molar-refractivity contribution is -0.146. The number of thiazole rings is 1. The number of ether oxygens (including phenoxy) is 1. The lowest BCUT2D eigenvalue weighted by Gasteiger charge is -2.04. The molecule has 3 aromatic rings. The van der Waals surface area contributed by atoms with Gasteiger partial charge in [-0.05, 0) is 11.4 Å². The first-order chi connectivity index (χ1) is 11.2. The molecule has 0 fully saturated rings. The number of imidazole rings is 1. The molecule has 0 aliphatic carbocycles. The SMILES string of the molecule is N#Cc1ccsc1NC(=O)COC(=O)Cc1cn2ccsc2n1. The molecule has 0 atom stereocenters. The molecule has 0 saturated carbocycles. The monoisotopic (exact) mass is 346 g/mol. The number of hydrogen-bond acceptors (Lipinski definition) is 7. The van der Waals surface area contributed by atoms with Crippen molar-refractivity contribution in [3.8, 4) is 6.07 Å². The van der Waals surface area contributed by atoms with Gasteiger partial charge in [-0.25, -0.2) is 4.98 Å². The van der Waals surface area contributed by atoms with Gasteiger partial charge < -0.3 is 10.1 Å². The average molecular weight is 346 g/mol. The smallest absolute Gasteiger partial charge is 0.312 e. The van der Waals surface area contributed by atoms with E-state index in [1.807, 2.05) is 22.0 Å². The number of nitrogens with one attached hydrogen (secondary N) is 1. The Morgan fingerprint density at radius 1 is 1.39 bits per heavy atom. The Bertz CT molecular complexity index is 874. The third-order valence-electron chi connectivity index (χ3n) is 2.87. The van der Waals surface area contributed by atoms with Gasteiger partial charge in [0.2, 0.25) is 0 Å². The largest absolute Gasteiger partial charge is 0.455 e. The molecule has 0 aromatic carbocycles. The van der Waals surface area contributed by atoms with E-state index in [9.17, 15) is 9.59 Å². The van der Waals surface area contributed by atoms with E-state index in [0.29, 0.717) is 16.3 Å². The lowest BCUT2D eigenvalue weighted by atomic mass is 10.3. The first kappa shape index (κ1) is 15.2. The fraction of sp³-hybridized carbons (Fsp3) is 0.143. The second kappa shape index (κ2) is 6.60. The Morgan fingerprint density at radius 2 is 2.26 bits per heavy atom. The summed E-state index contributed by atoms with van der Waals surface area (Å²) in [7, 11) is 0. The number of nitrogens with zero attached hydrogens (tertiary/aromatic N) is 3. The first-order valence-corrected chi connectivity index (χ1v) is 8.26.